The van der Waals surface area contributed by atoms with Crippen molar-refractivity contribution in [2.75, 3.05) is 34.4 Å². The number of carbonyl (C=O) groups excluding carboxylic acids is 1. The van der Waals surface area contributed by atoms with E-state index in [4.69, 9.17) is 24.0 Å². The Bertz CT molecular complexity index is 2870. The van der Waals surface area contributed by atoms with E-state index in [1.165, 1.54) is 9.10 Å². The molecule has 1 amide bonds. The molecule has 14 nitrogen and oxygen atoms in total. The molecule has 67 heavy (non-hydrogen) atoms. The number of rotatable bonds is 17. The number of hydrogen-bond acceptors (Lipinski definition) is 11. The highest BCUT2D eigenvalue weighted by Gasteiger charge is 2.35. The molecule has 0 saturated carbocycles. The zero-order chi connectivity index (χ0) is 46.8. The van der Waals surface area contributed by atoms with Gasteiger partial charge in [0.2, 0.25) is 15.8 Å². The maximum Gasteiger partial charge on any atom is 0.410 e. The summed E-state index contributed by atoms with van der Waals surface area (Å²) in [5, 5.41) is 23.6. The van der Waals surface area contributed by atoms with Gasteiger partial charge in [0.05, 0.1) is 50.0 Å². The van der Waals surface area contributed by atoms with Crippen molar-refractivity contribution >= 4 is 16.1 Å². The van der Waals surface area contributed by atoms with Crippen LogP contribution in [0.3, 0.4) is 0 Å². The highest BCUT2D eigenvalue weighted by atomic mass is 32.2. The average Bonchev–Trinajstić information content (AvgIpc) is 3.84. The van der Waals surface area contributed by atoms with E-state index in [2.05, 4.69) is 16.4 Å². The largest absolute Gasteiger partial charge is 0.497 e. The molecule has 342 valence electrons. The second-order valence-electron chi connectivity index (χ2n) is 16.3. The lowest BCUT2D eigenvalue weighted by molar-refractivity contribution is 0.0823. The molecule has 0 radical (unpaired) electrons. The van der Waals surface area contributed by atoms with E-state index >= 15 is 8.42 Å². The fourth-order valence-electron chi connectivity index (χ4n) is 8.24. The summed E-state index contributed by atoms with van der Waals surface area (Å²) in [6, 6.07) is 44.7. The van der Waals surface area contributed by atoms with Crippen molar-refractivity contribution in [1.82, 2.24) is 29.4 Å². The molecule has 1 aromatic heterocycles. The standard InChI is InChI=1S/C52H51N7O7S/c1-63-45-20-11-39(12-21-45)33-58(34-40-13-22-46(64-2)23-14-40)67(61,62)50-44(31-37-27-29-57(30-28-37)52(60)66-36-42-7-5-4-6-8-42)19-26-48(43-17-9-38(32-53)10-18-43)49(50)51-54-56-59(55-51)35-41-15-24-47(65-3)25-16-41/h4-26,37H,27-31,33-36H2,1-3H3. The molecule has 8 rings (SSSR count). The number of piperidine rings is 1. The minimum atomic E-state index is -4.44. The first-order chi connectivity index (χ1) is 32.6. The molecule has 1 aliphatic rings. The van der Waals surface area contributed by atoms with Crippen molar-refractivity contribution in [2.45, 2.75) is 50.4 Å². The van der Waals surface area contributed by atoms with Gasteiger partial charge in [0.15, 0.2) is 0 Å². The van der Waals surface area contributed by atoms with Crippen LogP contribution in [0.15, 0.2) is 144 Å². The van der Waals surface area contributed by atoms with Crippen LogP contribution in [-0.2, 0) is 47.4 Å². The zero-order valence-electron chi connectivity index (χ0n) is 37.6. The van der Waals surface area contributed by atoms with Crippen molar-refractivity contribution < 1.29 is 32.2 Å². The summed E-state index contributed by atoms with van der Waals surface area (Å²) in [5.41, 5.74) is 5.85. The van der Waals surface area contributed by atoms with E-state index in [1.807, 2.05) is 115 Å². The van der Waals surface area contributed by atoms with Gasteiger partial charge < -0.3 is 23.8 Å². The average molecular weight is 918 g/mol. The smallest absolute Gasteiger partial charge is 0.410 e. The Morgan fingerprint density at radius 1 is 0.716 bits per heavy atom. The van der Waals surface area contributed by atoms with Gasteiger partial charge in [-0.1, -0.05) is 91.0 Å². The summed E-state index contributed by atoms with van der Waals surface area (Å²) in [4.78, 5) is 16.4. The third kappa shape index (κ3) is 11.1. The quantitative estimate of drug-likeness (QED) is 0.0858. The van der Waals surface area contributed by atoms with Crippen LogP contribution in [0, 0.1) is 17.2 Å². The van der Waals surface area contributed by atoms with E-state index in [9.17, 15) is 10.1 Å². The van der Waals surface area contributed by atoms with Crippen LogP contribution < -0.4 is 14.2 Å². The molecule has 0 atom stereocenters. The Morgan fingerprint density at radius 3 is 1.84 bits per heavy atom. The molecule has 15 heteroatoms. The van der Waals surface area contributed by atoms with E-state index in [1.54, 1.807) is 50.5 Å². The monoisotopic (exact) mass is 917 g/mol. The number of hydrogen-bond donors (Lipinski definition) is 0. The molecular weight excluding hydrogens is 867 g/mol. The molecule has 0 aliphatic carbocycles. The highest BCUT2D eigenvalue weighted by molar-refractivity contribution is 7.89. The number of ether oxygens (including phenoxy) is 4. The van der Waals surface area contributed by atoms with Gasteiger partial charge in [-0.15, -0.1) is 10.2 Å². The summed E-state index contributed by atoms with van der Waals surface area (Å²) in [7, 11) is 0.331. The van der Waals surface area contributed by atoms with Gasteiger partial charge in [-0.2, -0.15) is 14.4 Å². The van der Waals surface area contributed by atoms with Crippen LogP contribution in [0.4, 0.5) is 4.79 Å². The third-order valence-corrected chi connectivity index (χ3v) is 13.9. The Balaban J connectivity index is 1.23. The first kappa shape index (κ1) is 46.0. The lowest BCUT2D eigenvalue weighted by atomic mass is 9.88. The molecule has 1 saturated heterocycles. The maximum absolute atomic E-state index is 16.1. The van der Waals surface area contributed by atoms with Crippen molar-refractivity contribution in [1.29, 1.82) is 5.26 Å². The lowest BCUT2D eigenvalue weighted by Crippen LogP contribution is -2.39. The lowest BCUT2D eigenvalue weighted by Gasteiger charge is -2.32. The van der Waals surface area contributed by atoms with Crippen LogP contribution in [0.2, 0.25) is 0 Å². The Hall–Kier alpha value is -7.54. The van der Waals surface area contributed by atoms with E-state index in [0.29, 0.717) is 77.4 Å². The number of methoxy groups -OCH3 is 3. The van der Waals surface area contributed by atoms with E-state index in [-0.39, 0.29) is 49.0 Å². The summed E-state index contributed by atoms with van der Waals surface area (Å²) in [6.45, 7) is 1.41. The first-order valence-electron chi connectivity index (χ1n) is 21.9. The molecule has 1 fully saturated rings. The summed E-state index contributed by atoms with van der Waals surface area (Å²) < 4.78 is 55.5. The predicted molar refractivity (Wildman–Crippen MR) is 253 cm³/mol. The SMILES string of the molecule is COc1ccc(CN(Cc2ccc(OC)cc2)S(=O)(=O)c2c(CC3CCN(C(=O)OCc4ccccc4)CC3)ccc(-c3ccc(C#N)cc3)c2-c2nnn(Cc3ccc(OC)cc3)n2)cc1. The molecule has 0 unspecified atom stereocenters. The topological polar surface area (TPSA) is 162 Å². The number of amides is 1. The third-order valence-electron chi connectivity index (χ3n) is 11.9. The van der Waals surface area contributed by atoms with Gasteiger partial charge in [-0.25, -0.2) is 13.2 Å². The van der Waals surface area contributed by atoms with Crippen molar-refractivity contribution in [3.8, 4) is 45.8 Å². The van der Waals surface area contributed by atoms with E-state index < -0.39 is 10.0 Å². The van der Waals surface area contributed by atoms with Crippen LogP contribution in [0.1, 0.15) is 46.2 Å². The van der Waals surface area contributed by atoms with Gasteiger partial charge in [0.25, 0.3) is 0 Å². The van der Waals surface area contributed by atoms with Gasteiger partial charge in [-0.3, -0.25) is 0 Å². The van der Waals surface area contributed by atoms with Crippen LogP contribution in [0.5, 0.6) is 17.2 Å². The van der Waals surface area contributed by atoms with Crippen molar-refractivity contribution in [3.63, 3.8) is 0 Å². The van der Waals surface area contributed by atoms with Gasteiger partial charge in [0.1, 0.15) is 23.9 Å². The Kier molecular flexibility index (Phi) is 14.5. The number of nitriles is 1. The second-order valence-corrected chi connectivity index (χ2v) is 18.2. The molecule has 6 aromatic carbocycles. The minimum Gasteiger partial charge on any atom is -0.497 e. The van der Waals surface area contributed by atoms with E-state index in [0.717, 1.165) is 22.3 Å². The molecule has 2 heterocycles. The maximum atomic E-state index is 16.1. The van der Waals surface area contributed by atoms with Crippen molar-refractivity contribution in [2.24, 2.45) is 5.92 Å². The summed E-state index contributed by atoms with van der Waals surface area (Å²) in [6.07, 6.45) is 1.27. The molecule has 7 aromatic rings. The van der Waals surface area contributed by atoms with Crippen molar-refractivity contribution in [3.05, 3.63) is 173 Å². The Morgan fingerprint density at radius 2 is 1.28 bits per heavy atom. The number of carbonyl (C=O) groups is 1. The fourth-order valence-corrected chi connectivity index (χ4v) is 10.1. The molecule has 0 bridgehead atoms. The highest BCUT2D eigenvalue weighted by Crippen LogP contribution is 2.41. The molecule has 1 aliphatic heterocycles. The summed E-state index contributed by atoms with van der Waals surface area (Å²) in [5.74, 6) is 2.14. The number of sulfonamides is 1. The molecule has 0 spiro atoms. The molecular formula is C52H51N7O7S. The molecule has 0 N–H and O–H groups in total. The number of aromatic nitrogens is 4. The van der Waals surface area contributed by atoms with Gasteiger partial charge >= 0.3 is 6.09 Å². The van der Waals surface area contributed by atoms with Crippen LogP contribution >= 0.6 is 0 Å². The number of nitrogens with zero attached hydrogens (tertiary/aromatic N) is 7. The first-order valence-corrected chi connectivity index (χ1v) is 23.4. The number of likely N-dealkylation sites (tertiary alicyclic amines) is 1. The minimum absolute atomic E-state index is 0.0241. The zero-order valence-corrected chi connectivity index (χ0v) is 38.4. The Labute approximate surface area is 391 Å². The second kappa shape index (κ2) is 21.2. The number of benzene rings is 6. The van der Waals surface area contributed by atoms with Crippen LogP contribution in [-0.4, -0.2) is 78.3 Å². The predicted octanol–water partition coefficient (Wildman–Crippen LogP) is 8.94. The fraction of sp³-hybridized carbons (Fsp3) is 0.250. The van der Waals surface area contributed by atoms with Crippen LogP contribution in [0.25, 0.3) is 22.5 Å². The van der Waals surface area contributed by atoms with Gasteiger partial charge in [0, 0.05) is 26.2 Å². The summed E-state index contributed by atoms with van der Waals surface area (Å²) >= 11 is 0. The number of tetrazole rings is 1. The van der Waals surface area contributed by atoms with Gasteiger partial charge in [-0.05, 0) is 118 Å². The normalized spacial score (nSPS) is 13.0.